The Kier molecular flexibility index (Phi) is 5.96. The molecule has 12 heteroatoms. The van der Waals surface area contributed by atoms with Crippen molar-refractivity contribution in [1.29, 1.82) is 0 Å². The zero-order chi connectivity index (χ0) is 24.9. The average Bonchev–Trinajstić information content (AvgIpc) is 3.48. The fraction of sp³-hybridized carbons (Fsp3) is 0.304. The average molecular weight is 523 g/mol. The van der Waals surface area contributed by atoms with Gasteiger partial charge in [0.15, 0.2) is 5.65 Å². The van der Waals surface area contributed by atoms with Gasteiger partial charge in [-0.05, 0) is 43.5 Å². The van der Waals surface area contributed by atoms with Gasteiger partial charge in [0.25, 0.3) is 0 Å². The van der Waals surface area contributed by atoms with Crippen molar-refractivity contribution in [3.63, 3.8) is 0 Å². The van der Waals surface area contributed by atoms with Gasteiger partial charge in [0.2, 0.25) is 5.91 Å². The first-order valence-electron chi connectivity index (χ1n) is 10.8. The van der Waals surface area contributed by atoms with E-state index in [-0.39, 0.29) is 29.2 Å². The van der Waals surface area contributed by atoms with Crippen molar-refractivity contribution in [2.45, 2.75) is 44.9 Å². The van der Waals surface area contributed by atoms with Crippen LogP contribution in [0.1, 0.15) is 41.3 Å². The third kappa shape index (κ3) is 4.99. The van der Waals surface area contributed by atoms with Gasteiger partial charge in [-0.1, -0.05) is 29.3 Å². The summed E-state index contributed by atoms with van der Waals surface area (Å²) in [7, 11) is 0. The fourth-order valence-electron chi connectivity index (χ4n) is 3.97. The minimum Gasteiger partial charge on any atom is -0.322 e. The SMILES string of the molecule is Cc1nn(CC(=O)Nc2cnn(Cc3ccc(Cl)c(Cl)c3)c2)c2nc(C3CC3)cc(C(F)(F)F)c12. The summed E-state index contributed by atoms with van der Waals surface area (Å²) < 4.78 is 44.1. The summed E-state index contributed by atoms with van der Waals surface area (Å²) >= 11 is 12.0. The Morgan fingerprint density at radius 2 is 1.97 bits per heavy atom. The summed E-state index contributed by atoms with van der Waals surface area (Å²) in [5.41, 5.74) is 1.16. The molecular weight excluding hydrogens is 504 g/mol. The molecule has 0 radical (unpaired) electrons. The number of hydrogen-bond donors (Lipinski definition) is 1. The quantitative estimate of drug-likeness (QED) is 0.345. The molecule has 1 amide bonds. The Morgan fingerprint density at radius 3 is 2.66 bits per heavy atom. The zero-order valence-corrected chi connectivity index (χ0v) is 19.9. The molecule has 4 aromatic rings. The predicted octanol–water partition coefficient (Wildman–Crippen LogP) is 5.83. The number of carbonyl (C=O) groups is 1. The molecule has 0 bridgehead atoms. The van der Waals surface area contributed by atoms with Gasteiger partial charge in [-0.15, -0.1) is 0 Å². The highest BCUT2D eigenvalue weighted by Crippen LogP contribution is 2.43. The predicted molar refractivity (Wildman–Crippen MR) is 126 cm³/mol. The first kappa shape index (κ1) is 23.6. The Morgan fingerprint density at radius 1 is 1.20 bits per heavy atom. The van der Waals surface area contributed by atoms with Crippen LogP contribution in [0.2, 0.25) is 10.0 Å². The molecule has 1 saturated carbocycles. The second-order valence-corrected chi connectivity index (χ2v) is 9.35. The van der Waals surface area contributed by atoms with Crippen molar-refractivity contribution in [2.24, 2.45) is 0 Å². The van der Waals surface area contributed by atoms with Crippen LogP contribution in [0.15, 0.2) is 36.7 Å². The molecule has 35 heavy (non-hydrogen) atoms. The van der Waals surface area contributed by atoms with Gasteiger partial charge in [-0.3, -0.25) is 9.48 Å². The summed E-state index contributed by atoms with van der Waals surface area (Å²) in [5, 5.41) is 11.9. The zero-order valence-electron chi connectivity index (χ0n) is 18.4. The number of nitrogens with one attached hydrogen (secondary N) is 1. The van der Waals surface area contributed by atoms with Crippen LogP contribution in [-0.2, 0) is 24.1 Å². The van der Waals surface area contributed by atoms with Crippen LogP contribution in [0.5, 0.6) is 0 Å². The van der Waals surface area contributed by atoms with E-state index in [1.54, 1.807) is 23.0 Å². The van der Waals surface area contributed by atoms with E-state index in [2.05, 4.69) is 20.5 Å². The standard InChI is InChI=1S/C23H19Cl2F3N6O/c1-12-21-16(23(26,27)28)7-19(14-3-4-14)31-22(21)34(32-12)11-20(35)30-15-8-29-33(10-15)9-13-2-5-17(24)18(25)6-13/h2,5-8,10,14H,3-4,9,11H2,1H3,(H,30,35). The van der Waals surface area contributed by atoms with Crippen molar-refractivity contribution in [3.8, 4) is 0 Å². The summed E-state index contributed by atoms with van der Waals surface area (Å²) in [6, 6.07) is 6.35. The van der Waals surface area contributed by atoms with Crippen LogP contribution in [0.25, 0.3) is 11.0 Å². The van der Waals surface area contributed by atoms with E-state index in [1.807, 2.05) is 6.07 Å². The van der Waals surface area contributed by atoms with Gasteiger partial charge in [0.1, 0.15) is 6.54 Å². The molecule has 5 rings (SSSR count). The summed E-state index contributed by atoms with van der Waals surface area (Å²) in [6.07, 6.45) is 0.172. The summed E-state index contributed by atoms with van der Waals surface area (Å²) in [5.74, 6) is -0.449. The van der Waals surface area contributed by atoms with E-state index >= 15 is 0 Å². The molecule has 0 spiro atoms. The molecule has 0 unspecified atom stereocenters. The molecular formula is C23H19Cl2F3N6O. The van der Waals surface area contributed by atoms with E-state index in [0.29, 0.717) is 28.0 Å². The van der Waals surface area contributed by atoms with Gasteiger partial charge in [-0.2, -0.15) is 23.4 Å². The molecule has 1 aliphatic carbocycles. The smallest absolute Gasteiger partial charge is 0.322 e. The Bertz CT molecular complexity index is 1440. The number of nitrogens with zero attached hydrogens (tertiary/aromatic N) is 5. The van der Waals surface area contributed by atoms with Crippen molar-refractivity contribution >= 4 is 45.8 Å². The number of alkyl halides is 3. The molecule has 1 aliphatic rings. The second kappa shape index (κ2) is 8.83. The number of aryl methyl sites for hydroxylation is 1. The van der Waals surface area contributed by atoms with Crippen LogP contribution in [0, 0.1) is 6.92 Å². The molecule has 3 heterocycles. The minimum absolute atomic E-state index is 0.0133. The molecule has 1 N–H and O–H groups in total. The Labute approximate surface area is 207 Å². The highest BCUT2D eigenvalue weighted by atomic mass is 35.5. The van der Waals surface area contributed by atoms with Crippen molar-refractivity contribution in [2.75, 3.05) is 5.32 Å². The third-order valence-corrected chi connectivity index (χ3v) is 6.48. The number of hydrogen-bond acceptors (Lipinski definition) is 4. The van der Waals surface area contributed by atoms with E-state index in [9.17, 15) is 18.0 Å². The lowest BCUT2D eigenvalue weighted by molar-refractivity contribution is -0.136. The molecule has 7 nitrogen and oxygen atoms in total. The number of pyridine rings is 1. The van der Waals surface area contributed by atoms with Gasteiger partial charge in [-0.25, -0.2) is 9.67 Å². The lowest BCUT2D eigenvalue weighted by Crippen LogP contribution is -2.20. The lowest BCUT2D eigenvalue weighted by Gasteiger charge is -2.11. The van der Waals surface area contributed by atoms with E-state index < -0.39 is 17.6 Å². The number of fused-ring (bicyclic) bond motifs is 1. The lowest BCUT2D eigenvalue weighted by atomic mass is 10.1. The van der Waals surface area contributed by atoms with Crippen LogP contribution in [0.3, 0.4) is 0 Å². The Balaban J connectivity index is 1.35. The van der Waals surface area contributed by atoms with Crippen LogP contribution < -0.4 is 5.32 Å². The minimum atomic E-state index is -4.55. The summed E-state index contributed by atoms with van der Waals surface area (Å²) in [6.45, 7) is 1.60. The van der Waals surface area contributed by atoms with E-state index in [4.69, 9.17) is 23.2 Å². The fourth-order valence-corrected chi connectivity index (χ4v) is 4.29. The van der Waals surface area contributed by atoms with Crippen molar-refractivity contribution < 1.29 is 18.0 Å². The van der Waals surface area contributed by atoms with Crippen molar-refractivity contribution in [1.82, 2.24) is 24.5 Å². The highest BCUT2D eigenvalue weighted by molar-refractivity contribution is 6.42. The highest BCUT2D eigenvalue weighted by Gasteiger charge is 2.37. The normalized spacial score (nSPS) is 14.0. The number of aromatic nitrogens is 5. The topological polar surface area (TPSA) is 77.6 Å². The maximum Gasteiger partial charge on any atom is 0.417 e. The van der Waals surface area contributed by atoms with Gasteiger partial charge in [0, 0.05) is 17.8 Å². The largest absolute Gasteiger partial charge is 0.417 e. The molecule has 3 aromatic heterocycles. The number of carbonyl (C=O) groups excluding carboxylic acids is 1. The molecule has 182 valence electrons. The maximum absolute atomic E-state index is 13.8. The van der Waals surface area contributed by atoms with Crippen LogP contribution in [-0.4, -0.2) is 30.5 Å². The second-order valence-electron chi connectivity index (χ2n) is 8.53. The van der Waals surface area contributed by atoms with E-state index in [1.165, 1.54) is 17.8 Å². The number of anilines is 1. The van der Waals surface area contributed by atoms with Gasteiger partial charge < -0.3 is 5.32 Å². The van der Waals surface area contributed by atoms with E-state index in [0.717, 1.165) is 24.5 Å². The monoisotopic (exact) mass is 522 g/mol. The number of halogens is 5. The third-order valence-electron chi connectivity index (χ3n) is 5.74. The molecule has 1 aromatic carbocycles. The first-order valence-corrected chi connectivity index (χ1v) is 11.6. The van der Waals surface area contributed by atoms with Crippen molar-refractivity contribution in [3.05, 3.63) is 69.2 Å². The first-order chi connectivity index (χ1) is 16.6. The Hall–Kier alpha value is -3.11. The number of rotatable bonds is 6. The maximum atomic E-state index is 13.8. The molecule has 0 aliphatic heterocycles. The molecule has 1 fully saturated rings. The molecule has 0 atom stereocenters. The molecule has 0 saturated heterocycles. The van der Waals surface area contributed by atoms with Crippen LogP contribution >= 0.6 is 23.2 Å². The van der Waals surface area contributed by atoms with Gasteiger partial charge >= 0.3 is 6.18 Å². The summed E-state index contributed by atoms with van der Waals surface area (Å²) in [4.78, 5) is 17.1. The van der Waals surface area contributed by atoms with Crippen LogP contribution in [0.4, 0.5) is 18.9 Å². The van der Waals surface area contributed by atoms with Gasteiger partial charge in [0.05, 0.1) is 45.1 Å². The number of benzene rings is 1. The number of amides is 1.